The minimum Gasteiger partial charge on any atom is -0.379 e. The summed E-state index contributed by atoms with van der Waals surface area (Å²) in [5, 5.41) is 3.40. The van der Waals surface area contributed by atoms with Gasteiger partial charge in [-0.2, -0.15) is 0 Å². The summed E-state index contributed by atoms with van der Waals surface area (Å²) >= 11 is 0. The lowest BCUT2D eigenvalue weighted by atomic mass is 9.82. The van der Waals surface area contributed by atoms with E-state index in [4.69, 9.17) is 4.74 Å². The third kappa shape index (κ3) is 5.11. The first kappa shape index (κ1) is 24.5. The topological polar surface area (TPSA) is 66.8 Å². The number of aromatic nitrogens is 1. The molecule has 1 amide bonds. The third-order valence-electron chi connectivity index (χ3n) is 7.10. The summed E-state index contributed by atoms with van der Waals surface area (Å²) in [4.78, 5) is 30.6. The largest absolute Gasteiger partial charge is 0.379 e. The Bertz CT molecular complexity index is 821. The number of hydrogen-bond donors (Lipinski definition) is 1. The molecule has 1 N–H and O–H groups in total. The zero-order valence-corrected chi connectivity index (χ0v) is 19.6. The van der Waals surface area contributed by atoms with Crippen LogP contribution in [0.4, 0.5) is 0 Å². The Labute approximate surface area is 196 Å². The number of nitrogens with zero attached hydrogens (tertiary/aromatic N) is 3. The lowest BCUT2D eigenvalue weighted by Crippen LogP contribution is -2.55. The molecule has 3 saturated heterocycles. The van der Waals surface area contributed by atoms with Crippen LogP contribution < -0.4 is 10.9 Å². The first-order valence-electron chi connectivity index (χ1n) is 11.2. The number of carbonyl (C=O) groups is 1. The van der Waals surface area contributed by atoms with Crippen molar-refractivity contribution in [2.24, 2.45) is 5.92 Å². The zero-order chi connectivity index (χ0) is 19.8. The van der Waals surface area contributed by atoms with Gasteiger partial charge >= 0.3 is 0 Å². The predicted molar refractivity (Wildman–Crippen MR) is 124 cm³/mol. The summed E-state index contributed by atoms with van der Waals surface area (Å²) in [7, 11) is 0. The molecule has 0 unspecified atom stereocenters. The molecule has 0 spiro atoms. The SMILES string of the molecule is Cl.Cl.O=C([C@@H]1CCCCN1)N1C[C@@H]2C[C@H](C1)c1ccc(CN3CCOCC3)c(=O)n1C2. The van der Waals surface area contributed by atoms with Gasteiger partial charge in [-0.3, -0.25) is 14.5 Å². The maximum absolute atomic E-state index is 13.2. The molecule has 4 aliphatic rings. The lowest BCUT2D eigenvalue weighted by molar-refractivity contribution is -0.136. The molecule has 7 nitrogen and oxygen atoms in total. The van der Waals surface area contributed by atoms with Crippen LogP contribution in [-0.2, 0) is 22.6 Å². The molecule has 3 fully saturated rings. The van der Waals surface area contributed by atoms with Crippen molar-refractivity contribution in [1.82, 2.24) is 19.7 Å². The predicted octanol–water partition coefficient (Wildman–Crippen LogP) is 1.61. The number of rotatable bonds is 3. The molecule has 0 aliphatic carbocycles. The van der Waals surface area contributed by atoms with E-state index in [0.29, 0.717) is 12.5 Å². The molecule has 5 heterocycles. The van der Waals surface area contributed by atoms with Gasteiger partial charge in [-0.1, -0.05) is 12.5 Å². The average molecular weight is 473 g/mol. The summed E-state index contributed by atoms with van der Waals surface area (Å²) in [5.74, 6) is 0.921. The molecule has 174 valence electrons. The zero-order valence-electron chi connectivity index (χ0n) is 18.0. The fraction of sp³-hybridized carbons (Fsp3) is 0.727. The first-order valence-corrected chi connectivity index (χ1v) is 11.2. The third-order valence-corrected chi connectivity index (χ3v) is 7.10. The van der Waals surface area contributed by atoms with Crippen molar-refractivity contribution < 1.29 is 9.53 Å². The Kier molecular flexibility index (Phi) is 8.44. The molecule has 31 heavy (non-hydrogen) atoms. The van der Waals surface area contributed by atoms with Crippen molar-refractivity contribution in [1.29, 1.82) is 0 Å². The molecule has 3 atom stereocenters. The fourth-order valence-corrected chi connectivity index (χ4v) is 5.57. The van der Waals surface area contributed by atoms with Crippen molar-refractivity contribution in [2.45, 2.75) is 50.7 Å². The van der Waals surface area contributed by atoms with Crippen molar-refractivity contribution in [3.05, 3.63) is 33.7 Å². The van der Waals surface area contributed by atoms with Crippen LogP contribution >= 0.6 is 24.8 Å². The van der Waals surface area contributed by atoms with Gasteiger partial charge < -0.3 is 19.5 Å². The van der Waals surface area contributed by atoms with Gasteiger partial charge in [0.25, 0.3) is 5.56 Å². The normalized spacial score (nSPS) is 28.1. The van der Waals surface area contributed by atoms with Crippen LogP contribution in [0.5, 0.6) is 0 Å². The van der Waals surface area contributed by atoms with Crippen LogP contribution in [0, 0.1) is 5.92 Å². The van der Waals surface area contributed by atoms with E-state index < -0.39 is 0 Å². The van der Waals surface area contributed by atoms with E-state index in [2.05, 4.69) is 21.2 Å². The van der Waals surface area contributed by atoms with Gasteiger partial charge in [-0.15, -0.1) is 24.8 Å². The summed E-state index contributed by atoms with van der Waals surface area (Å²) in [5.41, 5.74) is 2.17. The number of fused-ring (bicyclic) bond motifs is 4. The van der Waals surface area contributed by atoms with Crippen LogP contribution in [0.2, 0.25) is 0 Å². The van der Waals surface area contributed by atoms with Gasteiger partial charge in [0.05, 0.1) is 19.3 Å². The van der Waals surface area contributed by atoms with Gasteiger partial charge in [0.15, 0.2) is 0 Å². The van der Waals surface area contributed by atoms with E-state index >= 15 is 0 Å². The molecule has 2 bridgehead atoms. The second-order valence-corrected chi connectivity index (χ2v) is 9.13. The van der Waals surface area contributed by atoms with Crippen LogP contribution in [0.3, 0.4) is 0 Å². The van der Waals surface area contributed by atoms with Crippen LogP contribution in [-0.4, -0.2) is 72.3 Å². The van der Waals surface area contributed by atoms with Crippen molar-refractivity contribution >= 4 is 30.7 Å². The Morgan fingerprint density at radius 1 is 1.10 bits per heavy atom. The van der Waals surface area contributed by atoms with E-state index in [1.165, 1.54) is 0 Å². The first-order chi connectivity index (χ1) is 14.2. The summed E-state index contributed by atoms with van der Waals surface area (Å²) in [6, 6.07) is 4.15. The van der Waals surface area contributed by atoms with Gasteiger partial charge in [0, 0.05) is 56.4 Å². The molecular weight excluding hydrogens is 439 g/mol. The smallest absolute Gasteiger partial charge is 0.255 e. The summed E-state index contributed by atoms with van der Waals surface area (Å²) in [6.07, 6.45) is 4.34. The highest BCUT2D eigenvalue weighted by Gasteiger charge is 2.38. The maximum atomic E-state index is 13.2. The minimum atomic E-state index is -0.0133. The number of nitrogens with one attached hydrogen (secondary N) is 1. The van der Waals surface area contributed by atoms with E-state index in [1.54, 1.807) is 0 Å². The van der Waals surface area contributed by atoms with E-state index in [0.717, 1.165) is 89.4 Å². The molecule has 0 saturated carbocycles. The van der Waals surface area contributed by atoms with E-state index in [-0.39, 0.29) is 48.2 Å². The fourth-order valence-electron chi connectivity index (χ4n) is 5.57. The number of likely N-dealkylation sites (tertiary alicyclic amines) is 1. The van der Waals surface area contributed by atoms with E-state index in [1.807, 2.05) is 10.6 Å². The molecule has 4 aliphatic heterocycles. The Morgan fingerprint density at radius 2 is 1.90 bits per heavy atom. The van der Waals surface area contributed by atoms with Gasteiger partial charge in [-0.05, 0) is 37.8 Å². The number of ether oxygens (including phenoxy) is 1. The van der Waals surface area contributed by atoms with Crippen LogP contribution in [0.15, 0.2) is 16.9 Å². The number of carbonyl (C=O) groups excluding carboxylic acids is 1. The Balaban J connectivity index is 0.00000136. The second-order valence-electron chi connectivity index (χ2n) is 9.13. The molecule has 1 aromatic rings. The van der Waals surface area contributed by atoms with E-state index in [9.17, 15) is 9.59 Å². The molecular formula is C22H34Cl2N4O3. The number of amides is 1. The highest BCUT2D eigenvalue weighted by molar-refractivity contribution is 5.85. The van der Waals surface area contributed by atoms with Gasteiger partial charge in [-0.25, -0.2) is 0 Å². The summed E-state index contributed by atoms with van der Waals surface area (Å²) in [6.45, 7) is 7.19. The van der Waals surface area contributed by atoms with Crippen molar-refractivity contribution in [3.63, 3.8) is 0 Å². The van der Waals surface area contributed by atoms with Gasteiger partial charge in [0.2, 0.25) is 5.91 Å². The maximum Gasteiger partial charge on any atom is 0.255 e. The monoisotopic (exact) mass is 472 g/mol. The minimum absolute atomic E-state index is 0. The van der Waals surface area contributed by atoms with Crippen molar-refractivity contribution in [2.75, 3.05) is 45.9 Å². The molecule has 5 rings (SSSR count). The second kappa shape index (κ2) is 10.7. The molecule has 0 aromatic carbocycles. The Morgan fingerprint density at radius 3 is 2.65 bits per heavy atom. The quantitative estimate of drug-likeness (QED) is 0.723. The average Bonchev–Trinajstić information content (AvgIpc) is 2.77. The number of pyridine rings is 1. The van der Waals surface area contributed by atoms with Crippen LogP contribution in [0.1, 0.15) is 42.9 Å². The highest BCUT2D eigenvalue weighted by Crippen LogP contribution is 2.35. The number of morpholine rings is 1. The standard InChI is InChI=1S/C22H32N4O3.2ClH/c27-21-17(14-24-7-9-29-10-8-24)4-5-20-18-11-16(13-26(20)21)12-25(15-18)22(28)19-3-1-2-6-23-19;;/h4-5,16,18-19,23H,1-3,6-15H2;2*1H/t16-,18+,19-;;/m0../s1. The number of halogens is 2. The molecule has 1 aromatic heterocycles. The van der Waals surface area contributed by atoms with Crippen LogP contribution in [0.25, 0.3) is 0 Å². The summed E-state index contributed by atoms with van der Waals surface area (Å²) < 4.78 is 7.43. The molecule has 9 heteroatoms. The molecule has 0 radical (unpaired) electrons. The van der Waals surface area contributed by atoms with Crippen molar-refractivity contribution in [3.8, 4) is 0 Å². The highest BCUT2D eigenvalue weighted by atomic mass is 35.5. The lowest BCUT2D eigenvalue weighted by Gasteiger charge is -2.44. The Hall–Kier alpha value is -1.12. The number of piperidine rings is 2. The number of hydrogen-bond acceptors (Lipinski definition) is 5. The van der Waals surface area contributed by atoms with Gasteiger partial charge in [0.1, 0.15) is 0 Å².